The second-order valence-corrected chi connectivity index (χ2v) is 8.31. The second kappa shape index (κ2) is 6.75. The average Bonchev–Trinajstić information content (AvgIpc) is 2.60. The van der Waals surface area contributed by atoms with E-state index in [0.29, 0.717) is 18.0 Å². The van der Waals surface area contributed by atoms with E-state index in [-0.39, 0.29) is 16.8 Å². The monoisotopic (exact) mass is 352 g/mol. The molecule has 0 spiro atoms. The SMILES string of the molecule is CCOC(=O)c1ccc(Nc2ccc3c(c2)C(C)(C)CCC3(C)C)nc1. The lowest BCUT2D eigenvalue weighted by Crippen LogP contribution is -2.33. The number of carbonyl (C=O) groups excluding carboxylic acids is 1. The molecule has 1 heterocycles. The van der Waals surface area contributed by atoms with E-state index in [1.54, 1.807) is 25.3 Å². The first-order valence-electron chi connectivity index (χ1n) is 9.28. The van der Waals surface area contributed by atoms with Gasteiger partial charge in [-0.05, 0) is 66.0 Å². The van der Waals surface area contributed by atoms with Crippen molar-refractivity contribution in [3.8, 4) is 0 Å². The van der Waals surface area contributed by atoms with Gasteiger partial charge < -0.3 is 10.1 Å². The molecule has 0 aliphatic heterocycles. The van der Waals surface area contributed by atoms with Gasteiger partial charge in [-0.15, -0.1) is 0 Å². The average molecular weight is 352 g/mol. The van der Waals surface area contributed by atoms with E-state index >= 15 is 0 Å². The van der Waals surface area contributed by atoms with Crippen molar-refractivity contribution in [2.45, 2.75) is 58.3 Å². The number of benzene rings is 1. The van der Waals surface area contributed by atoms with Crippen LogP contribution in [0.5, 0.6) is 0 Å². The first kappa shape index (κ1) is 18.4. The predicted octanol–water partition coefficient (Wildman–Crippen LogP) is 5.35. The molecule has 3 rings (SSSR count). The molecule has 1 N–H and O–H groups in total. The van der Waals surface area contributed by atoms with E-state index in [1.807, 2.05) is 0 Å². The van der Waals surface area contributed by atoms with E-state index < -0.39 is 0 Å². The lowest BCUT2D eigenvalue weighted by atomic mass is 9.63. The number of hydrogen-bond donors (Lipinski definition) is 1. The van der Waals surface area contributed by atoms with Crippen LogP contribution in [0.25, 0.3) is 0 Å². The van der Waals surface area contributed by atoms with Crippen molar-refractivity contribution in [3.63, 3.8) is 0 Å². The summed E-state index contributed by atoms with van der Waals surface area (Å²) < 4.78 is 4.99. The van der Waals surface area contributed by atoms with Gasteiger partial charge >= 0.3 is 5.97 Å². The smallest absolute Gasteiger partial charge is 0.339 e. The highest BCUT2D eigenvalue weighted by Gasteiger charge is 2.36. The number of fused-ring (bicyclic) bond motifs is 1. The number of anilines is 2. The normalized spacial score (nSPS) is 17.3. The summed E-state index contributed by atoms with van der Waals surface area (Å²) >= 11 is 0. The van der Waals surface area contributed by atoms with Crippen molar-refractivity contribution < 1.29 is 9.53 Å². The fourth-order valence-electron chi connectivity index (χ4n) is 3.62. The van der Waals surface area contributed by atoms with Gasteiger partial charge in [-0.1, -0.05) is 33.8 Å². The molecule has 0 saturated heterocycles. The molecule has 1 aromatic carbocycles. The summed E-state index contributed by atoms with van der Waals surface area (Å²) in [6.45, 7) is 11.4. The number of esters is 1. The lowest BCUT2D eigenvalue weighted by molar-refractivity contribution is 0.0526. The molecular weight excluding hydrogens is 324 g/mol. The van der Waals surface area contributed by atoms with Crippen molar-refractivity contribution in [1.29, 1.82) is 0 Å². The molecule has 2 aromatic rings. The second-order valence-electron chi connectivity index (χ2n) is 8.31. The predicted molar refractivity (Wildman–Crippen MR) is 105 cm³/mol. The van der Waals surface area contributed by atoms with Gasteiger partial charge in [0, 0.05) is 11.9 Å². The molecule has 1 aliphatic rings. The van der Waals surface area contributed by atoms with Crippen LogP contribution in [0.2, 0.25) is 0 Å². The third-order valence-electron chi connectivity index (χ3n) is 5.40. The van der Waals surface area contributed by atoms with Gasteiger partial charge in [0.15, 0.2) is 0 Å². The highest BCUT2D eigenvalue weighted by Crippen LogP contribution is 2.46. The Morgan fingerprint density at radius 3 is 2.38 bits per heavy atom. The van der Waals surface area contributed by atoms with Crippen molar-refractivity contribution in [3.05, 3.63) is 53.2 Å². The summed E-state index contributed by atoms with van der Waals surface area (Å²) in [7, 11) is 0. The van der Waals surface area contributed by atoms with Crippen LogP contribution in [0.4, 0.5) is 11.5 Å². The zero-order chi connectivity index (χ0) is 18.9. The third-order valence-corrected chi connectivity index (χ3v) is 5.40. The minimum atomic E-state index is -0.343. The van der Waals surface area contributed by atoms with Crippen LogP contribution >= 0.6 is 0 Å². The van der Waals surface area contributed by atoms with Crippen molar-refractivity contribution in [1.82, 2.24) is 4.98 Å². The molecule has 0 unspecified atom stereocenters. The number of ether oxygens (including phenoxy) is 1. The zero-order valence-corrected chi connectivity index (χ0v) is 16.3. The number of carbonyl (C=O) groups is 1. The number of hydrogen-bond acceptors (Lipinski definition) is 4. The molecule has 0 atom stereocenters. The van der Waals surface area contributed by atoms with Crippen LogP contribution in [-0.2, 0) is 15.6 Å². The Morgan fingerprint density at radius 1 is 1.08 bits per heavy atom. The van der Waals surface area contributed by atoms with E-state index in [4.69, 9.17) is 4.74 Å². The highest BCUT2D eigenvalue weighted by molar-refractivity contribution is 5.89. The number of rotatable bonds is 4. The quantitative estimate of drug-likeness (QED) is 0.754. The minimum absolute atomic E-state index is 0.170. The Balaban J connectivity index is 1.84. The van der Waals surface area contributed by atoms with E-state index in [0.717, 1.165) is 5.69 Å². The zero-order valence-electron chi connectivity index (χ0n) is 16.3. The Morgan fingerprint density at radius 2 is 1.77 bits per heavy atom. The summed E-state index contributed by atoms with van der Waals surface area (Å²) in [5.41, 5.74) is 4.70. The van der Waals surface area contributed by atoms with Gasteiger partial charge in [-0.2, -0.15) is 0 Å². The first-order chi connectivity index (χ1) is 12.2. The summed E-state index contributed by atoms with van der Waals surface area (Å²) in [5, 5.41) is 3.35. The molecule has 0 saturated carbocycles. The summed E-state index contributed by atoms with van der Waals surface area (Å²) in [6.07, 6.45) is 3.94. The van der Waals surface area contributed by atoms with Crippen LogP contribution in [0.15, 0.2) is 36.5 Å². The molecule has 0 amide bonds. The highest BCUT2D eigenvalue weighted by atomic mass is 16.5. The molecule has 0 fully saturated rings. The summed E-state index contributed by atoms with van der Waals surface area (Å²) in [5.74, 6) is 0.371. The van der Waals surface area contributed by atoms with E-state index in [1.165, 1.54) is 24.0 Å². The van der Waals surface area contributed by atoms with Gasteiger partial charge in [0.05, 0.1) is 12.2 Å². The number of nitrogens with zero attached hydrogens (tertiary/aromatic N) is 1. The lowest BCUT2D eigenvalue weighted by Gasteiger charge is -2.42. The largest absolute Gasteiger partial charge is 0.462 e. The maximum absolute atomic E-state index is 11.7. The van der Waals surface area contributed by atoms with E-state index in [2.05, 4.69) is 56.2 Å². The standard InChI is InChI=1S/C22H28N2O2/c1-6-26-20(25)15-7-10-19(23-14-15)24-16-8-9-17-18(13-16)22(4,5)12-11-21(17,2)3/h7-10,13-14H,6,11-12H2,1-5H3,(H,23,24). The Bertz CT molecular complexity index is 807. The van der Waals surface area contributed by atoms with Crippen molar-refractivity contribution >= 4 is 17.5 Å². The van der Waals surface area contributed by atoms with Gasteiger partial charge in [0.2, 0.25) is 0 Å². The molecule has 0 bridgehead atoms. The van der Waals surface area contributed by atoms with Gasteiger partial charge in [0.1, 0.15) is 5.82 Å². The molecular formula is C22H28N2O2. The Kier molecular flexibility index (Phi) is 4.78. The van der Waals surface area contributed by atoms with Crippen LogP contribution in [-0.4, -0.2) is 17.6 Å². The summed E-state index contributed by atoms with van der Waals surface area (Å²) in [6, 6.07) is 10.1. The molecule has 138 valence electrons. The maximum Gasteiger partial charge on any atom is 0.339 e. The fraction of sp³-hybridized carbons (Fsp3) is 0.455. The summed E-state index contributed by atoms with van der Waals surface area (Å²) in [4.78, 5) is 16.1. The molecule has 26 heavy (non-hydrogen) atoms. The topological polar surface area (TPSA) is 51.2 Å². The van der Waals surface area contributed by atoms with Gasteiger partial charge in [0.25, 0.3) is 0 Å². The van der Waals surface area contributed by atoms with Gasteiger partial charge in [-0.25, -0.2) is 9.78 Å². The molecule has 1 aromatic heterocycles. The number of pyridine rings is 1. The van der Waals surface area contributed by atoms with Crippen LogP contribution in [0, 0.1) is 0 Å². The molecule has 4 heteroatoms. The van der Waals surface area contributed by atoms with Crippen LogP contribution < -0.4 is 5.32 Å². The maximum atomic E-state index is 11.7. The van der Waals surface area contributed by atoms with Crippen LogP contribution in [0.3, 0.4) is 0 Å². The molecule has 1 aliphatic carbocycles. The van der Waals surface area contributed by atoms with Gasteiger partial charge in [-0.3, -0.25) is 0 Å². The minimum Gasteiger partial charge on any atom is -0.462 e. The third kappa shape index (κ3) is 3.59. The number of nitrogens with one attached hydrogen (secondary N) is 1. The molecule has 4 nitrogen and oxygen atoms in total. The Labute approximate surface area is 156 Å². The first-order valence-corrected chi connectivity index (χ1v) is 9.28. The number of aromatic nitrogens is 1. The van der Waals surface area contributed by atoms with Crippen molar-refractivity contribution in [2.75, 3.05) is 11.9 Å². The Hall–Kier alpha value is -2.36. The van der Waals surface area contributed by atoms with E-state index in [9.17, 15) is 4.79 Å². The fourth-order valence-corrected chi connectivity index (χ4v) is 3.62. The van der Waals surface area contributed by atoms with Crippen molar-refractivity contribution in [2.24, 2.45) is 0 Å². The molecule has 0 radical (unpaired) electrons. The van der Waals surface area contributed by atoms with Crippen LogP contribution in [0.1, 0.15) is 68.9 Å².